The molecule has 1 aliphatic carbocycles. The third-order valence-corrected chi connectivity index (χ3v) is 7.47. The van der Waals surface area contributed by atoms with Crippen molar-refractivity contribution < 1.29 is 9.59 Å². The molecule has 4 rings (SSSR count). The minimum Gasteiger partial charge on any atom is -0.349 e. The van der Waals surface area contributed by atoms with Gasteiger partial charge in [0.25, 0.3) is 5.91 Å². The van der Waals surface area contributed by atoms with Crippen LogP contribution >= 0.6 is 0 Å². The predicted octanol–water partition coefficient (Wildman–Crippen LogP) is 3.30. The van der Waals surface area contributed by atoms with Crippen molar-refractivity contribution in [3.8, 4) is 0 Å². The lowest BCUT2D eigenvalue weighted by Gasteiger charge is -2.39. The highest BCUT2D eigenvalue weighted by Gasteiger charge is 2.32. The van der Waals surface area contributed by atoms with E-state index in [1.165, 1.54) is 12.8 Å². The van der Waals surface area contributed by atoms with E-state index >= 15 is 0 Å². The van der Waals surface area contributed by atoms with Gasteiger partial charge in [-0.15, -0.1) is 0 Å². The Labute approximate surface area is 192 Å². The molecular weight excluding hydrogens is 402 g/mol. The number of hydrogen-bond donors (Lipinski definition) is 2. The van der Waals surface area contributed by atoms with Crippen LogP contribution in [-0.2, 0) is 0 Å². The SMILES string of the molecule is Cc1cc(C(=O)NC2CCCC2)ccc1NC(=O)N1CCC(N2CCN(C(C)C)CC2)C1. The molecule has 2 heterocycles. The Morgan fingerprint density at radius 1 is 1.00 bits per heavy atom. The highest BCUT2D eigenvalue weighted by atomic mass is 16.2. The number of anilines is 1. The number of nitrogens with one attached hydrogen (secondary N) is 2. The van der Waals surface area contributed by atoms with Crippen molar-refractivity contribution >= 4 is 17.6 Å². The standard InChI is InChI=1S/C25H39N5O2/c1-18(2)28-12-14-29(15-13-28)22-10-11-30(17-22)25(32)27-23-9-8-20(16-19(23)3)24(31)26-21-6-4-5-7-21/h8-9,16,18,21-22H,4-7,10-15,17H2,1-3H3,(H,26,31)(H,27,32). The van der Waals surface area contributed by atoms with E-state index < -0.39 is 0 Å². The van der Waals surface area contributed by atoms with Gasteiger partial charge in [0.1, 0.15) is 0 Å². The lowest BCUT2D eigenvalue weighted by Crippen LogP contribution is -2.52. The van der Waals surface area contributed by atoms with Gasteiger partial charge in [-0.25, -0.2) is 4.79 Å². The van der Waals surface area contributed by atoms with Crippen LogP contribution < -0.4 is 10.6 Å². The Balaban J connectivity index is 1.28. The quantitative estimate of drug-likeness (QED) is 0.736. The fourth-order valence-electron chi connectivity index (χ4n) is 5.32. The normalized spacial score (nSPS) is 23.1. The molecule has 0 aromatic heterocycles. The number of nitrogens with zero attached hydrogens (tertiary/aromatic N) is 3. The van der Waals surface area contributed by atoms with E-state index in [-0.39, 0.29) is 11.9 Å². The molecular formula is C25H39N5O2. The van der Waals surface area contributed by atoms with E-state index in [1.807, 2.05) is 30.0 Å². The van der Waals surface area contributed by atoms with Gasteiger partial charge in [0, 0.05) is 68.6 Å². The molecule has 1 atom stereocenters. The lowest BCUT2D eigenvalue weighted by atomic mass is 10.1. The fraction of sp³-hybridized carbons (Fsp3) is 0.680. The van der Waals surface area contributed by atoms with Gasteiger partial charge in [0.2, 0.25) is 0 Å². The number of rotatable bonds is 5. The zero-order valence-electron chi connectivity index (χ0n) is 19.9. The van der Waals surface area contributed by atoms with Gasteiger partial charge < -0.3 is 15.5 Å². The number of hydrogen-bond acceptors (Lipinski definition) is 4. The average molecular weight is 442 g/mol. The topological polar surface area (TPSA) is 67.9 Å². The Bertz CT molecular complexity index is 813. The second-order valence-corrected chi connectivity index (χ2v) is 9.97. The van der Waals surface area contributed by atoms with Crippen LogP contribution in [0.15, 0.2) is 18.2 Å². The van der Waals surface area contributed by atoms with Crippen LogP contribution in [0.25, 0.3) is 0 Å². The van der Waals surface area contributed by atoms with Gasteiger partial charge in [-0.05, 0) is 63.8 Å². The summed E-state index contributed by atoms with van der Waals surface area (Å²) in [4.78, 5) is 32.4. The molecule has 0 bridgehead atoms. The summed E-state index contributed by atoms with van der Waals surface area (Å²) < 4.78 is 0. The van der Waals surface area contributed by atoms with Crippen LogP contribution in [0.1, 0.15) is 61.9 Å². The fourth-order valence-corrected chi connectivity index (χ4v) is 5.32. The van der Waals surface area contributed by atoms with Gasteiger partial charge in [0.15, 0.2) is 0 Å². The summed E-state index contributed by atoms with van der Waals surface area (Å²) in [7, 11) is 0. The van der Waals surface area contributed by atoms with Crippen molar-refractivity contribution in [1.29, 1.82) is 0 Å². The van der Waals surface area contributed by atoms with Crippen LogP contribution in [0.2, 0.25) is 0 Å². The summed E-state index contributed by atoms with van der Waals surface area (Å²) in [5.41, 5.74) is 2.36. The van der Waals surface area contributed by atoms with Crippen molar-refractivity contribution in [2.75, 3.05) is 44.6 Å². The predicted molar refractivity (Wildman–Crippen MR) is 128 cm³/mol. The zero-order valence-corrected chi connectivity index (χ0v) is 19.9. The average Bonchev–Trinajstić information content (AvgIpc) is 3.47. The molecule has 0 radical (unpaired) electrons. The maximum Gasteiger partial charge on any atom is 0.321 e. The van der Waals surface area contributed by atoms with Crippen LogP contribution in [0.3, 0.4) is 0 Å². The van der Waals surface area contributed by atoms with Crippen molar-refractivity contribution in [2.45, 2.75) is 71.0 Å². The second-order valence-electron chi connectivity index (χ2n) is 9.97. The molecule has 2 saturated heterocycles. The molecule has 1 aromatic rings. The minimum atomic E-state index is -0.0421. The van der Waals surface area contributed by atoms with E-state index in [2.05, 4.69) is 34.3 Å². The summed E-state index contributed by atoms with van der Waals surface area (Å²) in [6, 6.07) is 6.87. The molecule has 1 aromatic carbocycles. The molecule has 2 aliphatic heterocycles. The maximum absolute atomic E-state index is 12.9. The number of amides is 3. The smallest absolute Gasteiger partial charge is 0.321 e. The van der Waals surface area contributed by atoms with Crippen LogP contribution in [-0.4, -0.2) is 84.0 Å². The third-order valence-electron chi connectivity index (χ3n) is 7.47. The van der Waals surface area contributed by atoms with Crippen molar-refractivity contribution in [1.82, 2.24) is 20.0 Å². The molecule has 7 heteroatoms. The summed E-state index contributed by atoms with van der Waals surface area (Å²) in [5.74, 6) is -0.0159. The third kappa shape index (κ3) is 5.44. The Kier molecular flexibility index (Phi) is 7.36. The maximum atomic E-state index is 12.9. The largest absolute Gasteiger partial charge is 0.349 e. The highest BCUT2D eigenvalue weighted by Crippen LogP contribution is 2.22. The summed E-state index contributed by atoms with van der Waals surface area (Å²) >= 11 is 0. The first-order valence-corrected chi connectivity index (χ1v) is 12.4. The van der Waals surface area contributed by atoms with Crippen molar-refractivity contribution in [2.24, 2.45) is 0 Å². The second kappa shape index (κ2) is 10.2. The van der Waals surface area contributed by atoms with Crippen LogP contribution in [0.5, 0.6) is 0 Å². The minimum absolute atomic E-state index is 0.0159. The first-order valence-electron chi connectivity index (χ1n) is 12.4. The van der Waals surface area contributed by atoms with Gasteiger partial charge >= 0.3 is 6.03 Å². The number of benzene rings is 1. The van der Waals surface area contributed by atoms with Crippen molar-refractivity contribution in [3.05, 3.63) is 29.3 Å². The lowest BCUT2D eigenvalue weighted by molar-refractivity contribution is 0.0812. The van der Waals surface area contributed by atoms with E-state index in [0.717, 1.165) is 69.8 Å². The van der Waals surface area contributed by atoms with Gasteiger partial charge in [-0.1, -0.05) is 12.8 Å². The van der Waals surface area contributed by atoms with E-state index in [1.54, 1.807) is 0 Å². The first-order chi connectivity index (χ1) is 15.4. The Morgan fingerprint density at radius 2 is 1.72 bits per heavy atom. The Morgan fingerprint density at radius 3 is 2.38 bits per heavy atom. The van der Waals surface area contributed by atoms with Gasteiger partial charge in [-0.2, -0.15) is 0 Å². The molecule has 3 amide bonds. The molecule has 2 N–H and O–H groups in total. The number of carbonyl (C=O) groups is 2. The molecule has 176 valence electrons. The summed E-state index contributed by atoms with van der Waals surface area (Å²) in [5, 5.41) is 6.20. The molecule has 0 spiro atoms. The number of piperazine rings is 1. The summed E-state index contributed by atoms with van der Waals surface area (Å²) in [6.45, 7) is 12.4. The summed E-state index contributed by atoms with van der Waals surface area (Å²) in [6.07, 6.45) is 5.57. The Hall–Kier alpha value is -2.12. The van der Waals surface area contributed by atoms with Crippen LogP contribution in [0.4, 0.5) is 10.5 Å². The molecule has 7 nitrogen and oxygen atoms in total. The van der Waals surface area contributed by atoms with Gasteiger partial charge in [0.05, 0.1) is 0 Å². The van der Waals surface area contributed by atoms with Crippen molar-refractivity contribution in [3.63, 3.8) is 0 Å². The number of aryl methyl sites for hydroxylation is 1. The molecule has 1 saturated carbocycles. The monoisotopic (exact) mass is 441 g/mol. The first kappa shape index (κ1) is 23.1. The molecule has 1 unspecified atom stereocenters. The van der Waals surface area contributed by atoms with Crippen LogP contribution in [0, 0.1) is 6.92 Å². The molecule has 3 aliphatic rings. The van der Waals surface area contributed by atoms with Gasteiger partial charge in [-0.3, -0.25) is 14.6 Å². The number of likely N-dealkylation sites (tertiary alicyclic amines) is 1. The number of carbonyl (C=O) groups excluding carboxylic acids is 2. The highest BCUT2D eigenvalue weighted by molar-refractivity contribution is 5.96. The zero-order chi connectivity index (χ0) is 22.7. The van der Waals surface area contributed by atoms with E-state index in [0.29, 0.717) is 23.7 Å². The van der Waals surface area contributed by atoms with E-state index in [9.17, 15) is 9.59 Å². The van der Waals surface area contributed by atoms with E-state index in [4.69, 9.17) is 0 Å². The number of urea groups is 1. The molecule has 3 fully saturated rings. The molecule has 32 heavy (non-hydrogen) atoms.